The SMILES string of the molecule is O=C(O)C1(c2cccnc2)CCCCN1. The molecule has 80 valence electrons. The van der Waals surface area contributed by atoms with Gasteiger partial charge in [0, 0.05) is 18.0 Å². The van der Waals surface area contributed by atoms with Crippen molar-refractivity contribution in [3.05, 3.63) is 30.1 Å². The van der Waals surface area contributed by atoms with Crippen molar-refractivity contribution in [3.63, 3.8) is 0 Å². The summed E-state index contributed by atoms with van der Waals surface area (Å²) in [5.74, 6) is -0.810. The number of piperidine rings is 1. The molecule has 2 heterocycles. The monoisotopic (exact) mass is 206 g/mol. The standard InChI is InChI=1S/C11H14N2O2/c14-10(15)11(5-1-2-7-13-11)9-4-3-6-12-8-9/h3-4,6,8,13H,1-2,5,7H2,(H,14,15). The maximum atomic E-state index is 11.4. The Morgan fingerprint density at radius 2 is 2.40 bits per heavy atom. The molecule has 1 aromatic rings. The summed E-state index contributed by atoms with van der Waals surface area (Å²) in [4.78, 5) is 15.4. The molecular weight excluding hydrogens is 192 g/mol. The molecule has 0 aromatic carbocycles. The maximum absolute atomic E-state index is 11.4. The summed E-state index contributed by atoms with van der Waals surface area (Å²) in [5.41, 5.74) is -0.177. The van der Waals surface area contributed by atoms with Crippen LogP contribution in [0.3, 0.4) is 0 Å². The molecular formula is C11H14N2O2. The van der Waals surface area contributed by atoms with Crippen molar-refractivity contribution in [1.82, 2.24) is 10.3 Å². The van der Waals surface area contributed by atoms with Crippen molar-refractivity contribution in [2.45, 2.75) is 24.8 Å². The van der Waals surface area contributed by atoms with E-state index in [0.29, 0.717) is 6.42 Å². The van der Waals surface area contributed by atoms with Crippen LogP contribution in [0.25, 0.3) is 0 Å². The quantitative estimate of drug-likeness (QED) is 0.761. The van der Waals surface area contributed by atoms with Crippen LogP contribution in [0, 0.1) is 0 Å². The van der Waals surface area contributed by atoms with Gasteiger partial charge in [-0.05, 0) is 31.9 Å². The van der Waals surface area contributed by atoms with Gasteiger partial charge in [0.2, 0.25) is 0 Å². The molecule has 0 bridgehead atoms. The van der Waals surface area contributed by atoms with Gasteiger partial charge in [0.25, 0.3) is 0 Å². The molecule has 0 radical (unpaired) electrons. The highest BCUT2D eigenvalue weighted by atomic mass is 16.4. The van der Waals surface area contributed by atoms with Crippen LogP contribution >= 0.6 is 0 Å². The van der Waals surface area contributed by atoms with Crippen LogP contribution in [0.5, 0.6) is 0 Å². The molecule has 0 amide bonds. The van der Waals surface area contributed by atoms with Gasteiger partial charge in [-0.15, -0.1) is 0 Å². The van der Waals surface area contributed by atoms with E-state index in [1.165, 1.54) is 0 Å². The predicted molar refractivity (Wildman–Crippen MR) is 55.4 cm³/mol. The van der Waals surface area contributed by atoms with Gasteiger partial charge in [0.15, 0.2) is 0 Å². The second-order valence-corrected chi connectivity index (χ2v) is 3.84. The summed E-state index contributed by atoms with van der Waals surface area (Å²) in [5, 5.41) is 12.5. The Morgan fingerprint density at radius 1 is 1.53 bits per heavy atom. The van der Waals surface area contributed by atoms with Gasteiger partial charge >= 0.3 is 5.97 Å². The van der Waals surface area contributed by atoms with Crippen LogP contribution in [0.15, 0.2) is 24.5 Å². The summed E-state index contributed by atoms with van der Waals surface area (Å²) in [6.45, 7) is 0.751. The summed E-state index contributed by atoms with van der Waals surface area (Å²) >= 11 is 0. The summed E-state index contributed by atoms with van der Waals surface area (Å²) in [6, 6.07) is 3.59. The number of pyridine rings is 1. The Morgan fingerprint density at radius 3 is 2.93 bits per heavy atom. The highest BCUT2D eigenvalue weighted by molar-refractivity contribution is 5.80. The van der Waals surface area contributed by atoms with Crippen LogP contribution in [0.4, 0.5) is 0 Å². The van der Waals surface area contributed by atoms with Crippen molar-refractivity contribution in [2.24, 2.45) is 0 Å². The van der Waals surface area contributed by atoms with Gasteiger partial charge < -0.3 is 5.11 Å². The molecule has 0 aliphatic carbocycles. The van der Waals surface area contributed by atoms with E-state index in [1.807, 2.05) is 6.07 Å². The van der Waals surface area contributed by atoms with Crippen molar-refractivity contribution in [1.29, 1.82) is 0 Å². The van der Waals surface area contributed by atoms with Gasteiger partial charge in [-0.25, -0.2) is 4.79 Å². The second kappa shape index (κ2) is 3.98. The van der Waals surface area contributed by atoms with E-state index in [0.717, 1.165) is 24.9 Å². The lowest BCUT2D eigenvalue weighted by Gasteiger charge is -2.34. The largest absolute Gasteiger partial charge is 0.480 e. The Kier molecular flexibility index (Phi) is 2.68. The zero-order valence-corrected chi connectivity index (χ0v) is 8.44. The van der Waals surface area contributed by atoms with Crippen molar-refractivity contribution in [2.75, 3.05) is 6.54 Å². The third-order valence-electron chi connectivity index (χ3n) is 2.92. The molecule has 4 nitrogen and oxygen atoms in total. The minimum absolute atomic E-state index is 0.633. The average Bonchev–Trinajstić information content (AvgIpc) is 2.31. The molecule has 15 heavy (non-hydrogen) atoms. The molecule has 0 saturated carbocycles. The number of hydrogen-bond acceptors (Lipinski definition) is 3. The second-order valence-electron chi connectivity index (χ2n) is 3.84. The van der Waals surface area contributed by atoms with Crippen molar-refractivity contribution < 1.29 is 9.90 Å². The third-order valence-corrected chi connectivity index (χ3v) is 2.92. The number of rotatable bonds is 2. The van der Waals surface area contributed by atoms with E-state index in [-0.39, 0.29) is 0 Å². The minimum Gasteiger partial charge on any atom is -0.480 e. The lowest BCUT2D eigenvalue weighted by Crippen LogP contribution is -2.51. The summed E-state index contributed by atoms with van der Waals surface area (Å²) < 4.78 is 0. The summed E-state index contributed by atoms with van der Waals surface area (Å²) in [6.07, 6.45) is 5.89. The molecule has 1 saturated heterocycles. The highest BCUT2D eigenvalue weighted by Gasteiger charge is 2.41. The Hall–Kier alpha value is -1.42. The zero-order valence-electron chi connectivity index (χ0n) is 8.44. The molecule has 2 N–H and O–H groups in total. The van der Waals surface area contributed by atoms with Crippen molar-refractivity contribution in [3.8, 4) is 0 Å². The average molecular weight is 206 g/mol. The fourth-order valence-electron chi connectivity index (χ4n) is 2.07. The molecule has 1 aliphatic heterocycles. The van der Waals surface area contributed by atoms with Crippen LogP contribution in [0.1, 0.15) is 24.8 Å². The minimum atomic E-state index is -0.924. The molecule has 1 fully saturated rings. The Labute approximate surface area is 88.3 Å². The first kappa shape index (κ1) is 10.1. The first-order valence-electron chi connectivity index (χ1n) is 5.15. The van der Waals surface area contributed by atoms with E-state index < -0.39 is 11.5 Å². The van der Waals surface area contributed by atoms with E-state index in [2.05, 4.69) is 10.3 Å². The topological polar surface area (TPSA) is 62.2 Å². The van der Waals surface area contributed by atoms with E-state index in [4.69, 9.17) is 0 Å². The van der Waals surface area contributed by atoms with Crippen LogP contribution in [-0.2, 0) is 10.3 Å². The lowest BCUT2D eigenvalue weighted by molar-refractivity contribution is -0.146. The third kappa shape index (κ3) is 1.72. The molecule has 1 atom stereocenters. The maximum Gasteiger partial charge on any atom is 0.328 e. The number of carboxylic acids is 1. The molecule has 2 rings (SSSR count). The zero-order chi connectivity index (χ0) is 10.7. The fraction of sp³-hybridized carbons (Fsp3) is 0.455. The molecule has 4 heteroatoms. The molecule has 1 aliphatic rings. The first-order chi connectivity index (χ1) is 7.26. The number of nitrogens with one attached hydrogen (secondary N) is 1. The number of aromatic nitrogens is 1. The summed E-state index contributed by atoms with van der Waals surface area (Å²) in [7, 11) is 0. The molecule has 0 spiro atoms. The van der Waals surface area contributed by atoms with Crippen molar-refractivity contribution >= 4 is 5.97 Å². The van der Waals surface area contributed by atoms with E-state index in [1.54, 1.807) is 18.5 Å². The number of nitrogens with zero attached hydrogens (tertiary/aromatic N) is 1. The Balaban J connectivity index is 2.38. The van der Waals surface area contributed by atoms with Crippen LogP contribution in [0.2, 0.25) is 0 Å². The molecule has 1 unspecified atom stereocenters. The first-order valence-corrected chi connectivity index (χ1v) is 5.15. The number of aliphatic carboxylic acids is 1. The van der Waals surface area contributed by atoms with E-state index >= 15 is 0 Å². The van der Waals surface area contributed by atoms with E-state index in [9.17, 15) is 9.90 Å². The smallest absolute Gasteiger partial charge is 0.328 e. The van der Waals surface area contributed by atoms with Crippen LogP contribution in [-0.4, -0.2) is 22.6 Å². The predicted octanol–water partition coefficient (Wildman–Crippen LogP) is 1.14. The number of carboxylic acid groups (broad SMARTS) is 1. The fourth-order valence-corrected chi connectivity index (χ4v) is 2.07. The number of hydrogen-bond donors (Lipinski definition) is 2. The molecule has 1 aromatic heterocycles. The van der Waals surface area contributed by atoms with Gasteiger partial charge in [-0.3, -0.25) is 10.3 Å². The normalized spacial score (nSPS) is 26.1. The Bertz CT molecular complexity index is 345. The lowest BCUT2D eigenvalue weighted by atomic mass is 9.83. The van der Waals surface area contributed by atoms with Gasteiger partial charge in [-0.1, -0.05) is 6.07 Å². The highest BCUT2D eigenvalue weighted by Crippen LogP contribution is 2.29. The number of carbonyl (C=O) groups is 1. The van der Waals surface area contributed by atoms with Crippen LogP contribution < -0.4 is 5.32 Å². The van der Waals surface area contributed by atoms with Gasteiger partial charge in [0.05, 0.1) is 0 Å². The van der Waals surface area contributed by atoms with Gasteiger partial charge in [-0.2, -0.15) is 0 Å². The van der Waals surface area contributed by atoms with Gasteiger partial charge in [0.1, 0.15) is 5.54 Å².